The lowest BCUT2D eigenvalue weighted by molar-refractivity contribution is -0.120. The van der Waals surface area contributed by atoms with Crippen molar-refractivity contribution in [2.24, 2.45) is 0 Å². The van der Waals surface area contributed by atoms with Gasteiger partial charge in [-0.1, -0.05) is 24.3 Å². The molecule has 0 aliphatic carbocycles. The van der Waals surface area contributed by atoms with Gasteiger partial charge in [-0.25, -0.2) is 0 Å². The Morgan fingerprint density at radius 2 is 1.90 bits per heavy atom. The fourth-order valence-corrected chi connectivity index (χ4v) is 1.72. The molecule has 0 atom stereocenters. The summed E-state index contributed by atoms with van der Waals surface area (Å²) < 4.78 is 4.93. The molecule has 0 saturated carbocycles. The molecule has 0 unspecified atom stereocenters. The maximum atomic E-state index is 11.6. The van der Waals surface area contributed by atoms with E-state index in [1.54, 1.807) is 12.1 Å². The SMILES string of the molecule is Cc1ccccc1CNC(=O)CNC(=O)c1ccco1. The van der Waals surface area contributed by atoms with Crippen LogP contribution in [0, 0.1) is 6.92 Å². The molecule has 1 aromatic heterocycles. The van der Waals surface area contributed by atoms with Crippen LogP contribution in [0.15, 0.2) is 47.1 Å². The maximum absolute atomic E-state index is 11.6. The van der Waals surface area contributed by atoms with Gasteiger partial charge in [0.05, 0.1) is 12.8 Å². The summed E-state index contributed by atoms with van der Waals surface area (Å²) >= 11 is 0. The van der Waals surface area contributed by atoms with Gasteiger partial charge in [0.2, 0.25) is 5.91 Å². The van der Waals surface area contributed by atoms with E-state index in [9.17, 15) is 9.59 Å². The van der Waals surface area contributed by atoms with E-state index in [4.69, 9.17) is 4.42 Å². The van der Waals surface area contributed by atoms with Gasteiger partial charge in [-0.05, 0) is 30.2 Å². The molecule has 0 spiro atoms. The first kappa shape index (κ1) is 13.9. The summed E-state index contributed by atoms with van der Waals surface area (Å²) in [6.45, 7) is 2.35. The molecule has 1 aromatic carbocycles. The fourth-order valence-electron chi connectivity index (χ4n) is 1.72. The first-order valence-electron chi connectivity index (χ1n) is 6.29. The van der Waals surface area contributed by atoms with E-state index in [1.165, 1.54) is 6.26 Å². The van der Waals surface area contributed by atoms with Crippen molar-refractivity contribution < 1.29 is 14.0 Å². The molecule has 0 aliphatic heterocycles. The van der Waals surface area contributed by atoms with Crippen LogP contribution in [0.3, 0.4) is 0 Å². The van der Waals surface area contributed by atoms with Gasteiger partial charge in [0, 0.05) is 6.54 Å². The Kier molecular flexibility index (Phi) is 4.55. The molecular formula is C15H16N2O3. The number of rotatable bonds is 5. The van der Waals surface area contributed by atoms with E-state index < -0.39 is 5.91 Å². The van der Waals surface area contributed by atoms with Crippen LogP contribution < -0.4 is 10.6 Å². The number of hydrogen-bond donors (Lipinski definition) is 2. The second kappa shape index (κ2) is 6.56. The Labute approximate surface area is 117 Å². The van der Waals surface area contributed by atoms with E-state index in [0.717, 1.165) is 11.1 Å². The Morgan fingerprint density at radius 1 is 1.10 bits per heavy atom. The summed E-state index contributed by atoms with van der Waals surface area (Å²) in [5.74, 6) is -0.453. The molecule has 0 radical (unpaired) electrons. The van der Waals surface area contributed by atoms with Gasteiger partial charge in [0.1, 0.15) is 0 Å². The number of aryl methyl sites for hydroxylation is 1. The molecule has 5 nitrogen and oxygen atoms in total. The van der Waals surface area contributed by atoms with Gasteiger partial charge in [0.15, 0.2) is 5.76 Å². The predicted molar refractivity (Wildman–Crippen MR) is 74.1 cm³/mol. The van der Waals surface area contributed by atoms with Crippen LogP contribution in [0.2, 0.25) is 0 Å². The van der Waals surface area contributed by atoms with Crippen LogP contribution >= 0.6 is 0 Å². The molecule has 0 bridgehead atoms. The average molecular weight is 272 g/mol. The van der Waals surface area contributed by atoms with Crippen molar-refractivity contribution in [2.45, 2.75) is 13.5 Å². The molecule has 0 fully saturated rings. The summed E-state index contributed by atoms with van der Waals surface area (Å²) in [4.78, 5) is 23.2. The minimum atomic E-state index is -0.402. The number of carbonyl (C=O) groups is 2. The molecule has 2 aromatic rings. The first-order valence-corrected chi connectivity index (χ1v) is 6.29. The quantitative estimate of drug-likeness (QED) is 0.869. The Balaban J connectivity index is 1.76. The van der Waals surface area contributed by atoms with Crippen molar-refractivity contribution in [3.8, 4) is 0 Å². The molecular weight excluding hydrogens is 256 g/mol. The van der Waals surface area contributed by atoms with Gasteiger partial charge in [-0.2, -0.15) is 0 Å². The molecule has 20 heavy (non-hydrogen) atoms. The van der Waals surface area contributed by atoms with Crippen molar-refractivity contribution in [2.75, 3.05) is 6.54 Å². The van der Waals surface area contributed by atoms with E-state index in [2.05, 4.69) is 10.6 Å². The van der Waals surface area contributed by atoms with E-state index in [1.807, 2.05) is 31.2 Å². The topological polar surface area (TPSA) is 71.3 Å². The number of hydrogen-bond acceptors (Lipinski definition) is 3. The highest BCUT2D eigenvalue weighted by atomic mass is 16.3. The van der Waals surface area contributed by atoms with Gasteiger partial charge < -0.3 is 15.1 Å². The van der Waals surface area contributed by atoms with Crippen molar-refractivity contribution >= 4 is 11.8 Å². The van der Waals surface area contributed by atoms with Crippen molar-refractivity contribution in [1.29, 1.82) is 0 Å². The standard InChI is InChI=1S/C15H16N2O3/c1-11-5-2-3-6-12(11)9-16-14(18)10-17-15(19)13-7-4-8-20-13/h2-8H,9-10H2,1H3,(H,16,18)(H,17,19). The normalized spacial score (nSPS) is 10.1. The van der Waals surface area contributed by atoms with Crippen LogP contribution in [0.5, 0.6) is 0 Å². The number of furan rings is 1. The highest BCUT2D eigenvalue weighted by Crippen LogP contribution is 2.05. The van der Waals surface area contributed by atoms with Gasteiger partial charge >= 0.3 is 0 Å². The monoisotopic (exact) mass is 272 g/mol. The smallest absolute Gasteiger partial charge is 0.287 e. The molecule has 1 heterocycles. The second-order valence-electron chi connectivity index (χ2n) is 4.36. The number of amides is 2. The molecule has 0 aliphatic rings. The molecule has 2 N–H and O–H groups in total. The lowest BCUT2D eigenvalue weighted by atomic mass is 10.1. The molecule has 2 rings (SSSR count). The van der Waals surface area contributed by atoms with E-state index in [0.29, 0.717) is 6.54 Å². The summed E-state index contributed by atoms with van der Waals surface area (Å²) in [5, 5.41) is 5.25. The summed E-state index contributed by atoms with van der Waals surface area (Å²) in [7, 11) is 0. The van der Waals surface area contributed by atoms with Crippen molar-refractivity contribution in [1.82, 2.24) is 10.6 Å². The Morgan fingerprint density at radius 3 is 2.60 bits per heavy atom. The third-order valence-electron chi connectivity index (χ3n) is 2.89. The van der Waals surface area contributed by atoms with Gasteiger partial charge in [-0.15, -0.1) is 0 Å². The third-order valence-corrected chi connectivity index (χ3v) is 2.89. The lowest BCUT2D eigenvalue weighted by Crippen LogP contribution is -2.36. The minimum absolute atomic E-state index is 0.0780. The van der Waals surface area contributed by atoms with E-state index >= 15 is 0 Å². The van der Waals surface area contributed by atoms with Crippen LogP contribution in [0.4, 0.5) is 0 Å². The number of nitrogens with one attached hydrogen (secondary N) is 2. The van der Waals surface area contributed by atoms with Crippen LogP contribution in [-0.4, -0.2) is 18.4 Å². The zero-order valence-electron chi connectivity index (χ0n) is 11.2. The highest BCUT2D eigenvalue weighted by molar-refractivity contribution is 5.94. The number of carbonyl (C=O) groups excluding carboxylic acids is 2. The number of benzene rings is 1. The lowest BCUT2D eigenvalue weighted by Gasteiger charge is -2.08. The van der Waals surface area contributed by atoms with Gasteiger partial charge in [0.25, 0.3) is 5.91 Å². The fraction of sp³-hybridized carbons (Fsp3) is 0.200. The zero-order valence-corrected chi connectivity index (χ0v) is 11.2. The first-order chi connectivity index (χ1) is 9.66. The third kappa shape index (κ3) is 3.71. The average Bonchev–Trinajstić information content (AvgIpc) is 2.98. The largest absolute Gasteiger partial charge is 0.459 e. The molecule has 104 valence electrons. The maximum Gasteiger partial charge on any atom is 0.287 e. The molecule has 0 saturated heterocycles. The highest BCUT2D eigenvalue weighted by Gasteiger charge is 2.10. The molecule has 5 heteroatoms. The minimum Gasteiger partial charge on any atom is -0.459 e. The van der Waals surface area contributed by atoms with Crippen LogP contribution in [0.1, 0.15) is 21.7 Å². The second-order valence-corrected chi connectivity index (χ2v) is 4.36. The summed E-state index contributed by atoms with van der Waals surface area (Å²) in [6.07, 6.45) is 1.41. The molecule has 2 amide bonds. The van der Waals surface area contributed by atoms with Crippen LogP contribution in [0.25, 0.3) is 0 Å². The van der Waals surface area contributed by atoms with Gasteiger partial charge in [-0.3, -0.25) is 9.59 Å². The van der Waals surface area contributed by atoms with Crippen molar-refractivity contribution in [3.05, 3.63) is 59.5 Å². The Hall–Kier alpha value is -2.56. The summed E-state index contributed by atoms with van der Waals surface area (Å²) in [5.41, 5.74) is 2.17. The predicted octanol–water partition coefficient (Wildman–Crippen LogP) is 1.63. The zero-order chi connectivity index (χ0) is 14.4. The van der Waals surface area contributed by atoms with Crippen molar-refractivity contribution in [3.63, 3.8) is 0 Å². The van der Waals surface area contributed by atoms with Crippen LogP contribution in [-0.2, 0) is 11.3 Å². The Bertz CT molecular complexity index is 591. The summed E-state index contributed by atoms with van der Waals surface area (Å²) in [6, 6.07) is 11.0. The van der Waals surface area contributed by atoms with E-state index in [-0.39, 0.29) is 18.2 Å².